The second-order valence-electron chi connectivity index (χ2n) is 3.42. The molecule has 0 aromatic rings. The van der Waals surface area contributed by atoms with Crippen LogP contribution in [-0.2, 0) is 9.53 Å². The molecule has 0 saturated carbocycles. The van der Waals surface area contributed by atoms with Gasteiger partial charge in [0.15, 0.2) is 0 Å². The van der Waals surface area contributed by atoms with Gasteiger partial charge in [-0.25, -0.2) is 4.79 Å². The van der Waals surface area contributed by atoms with Crippen LogP contribution in [0.3, 0.4) is 0 Å². The van der Waals surface area contributed by atoms with Crippen LogP contribution in [0, 0.1) is 0 Å². The van der Waals surface area contributed by atoms with Crippen LogP contribution in [0.2, 0.25) is 0 Å². The van der Waals surface area contributed by atoms with Crippen LogP contribution in [0.1, 0.15) is 0 Å². The molecule has 0 amide bonds. The molecule has 0 N–H and O–H groups in total. The Morgan fingerprint density at radius 1 is 1.27 bits per heavy atom. The first-order valence-corrected chi connectivity index (χ1v) is 6.49. The summed E-state index contributed by atoms with van der Waals surface area (Å²) >= 11 is 0. The Bertz CT molecular complexity index is 287. The Morgan fingerprint density at radius 2 is 1.73 bits per heavy atom. The number of ether oxygens (including phenoxy) is 1. The van der Waals surface area contributed by atoms with Crippen LogP contribution in [0.15, 0.2) is 9.96 Å². The van der Waals surface area contributed by atoms with Crippen molar-refractivity contribution >= 4 is 19.5 Å². The zero-order chi connectivity index (χ0) is 12.1. The van der Waals surface area contributed by atoms with Gasteiger partial charge in [0.2, 0.25) is 0 Å². The van der Waals surface area contributed by atoms with E-state index in [0.717, 1.165) is 6.21 Å². The van der Waals surface area contributed by atoms with E-state index in [9.17, 15) is 4.79 Å². The number of methoxy groups -OCH3 is 1. The SMILES string of the molecule is COC(=O)/C=N/N=P(C)(N(C)C)N(C)C. The molecule has 0 aliphatic heterocycles. The van der Waals surface area contributed by atoms with E-state index in [-0.39, 0.29) is 0 Å². The maximum atomic E-state index is 10.8. The maximum absolute atomic E-state index is 10.8. The van der Waals surface area contributed by atoms with E-state index in [1.165, 1.54) is 7.11 Å². The fraction of sp³-hybridized carbons (Fsp3) is 0.750. The second-order valence-corrected chi connectivity index (χ2v) is 6.94. The molecule has 0 spiro atoms. The summed E-state index contributed by atoms with van der Waals surface area (Å²) in [7, 11) is 7.25. The van der Waals surface area contributed by atoms with Gasteiger partial charge in [0, 0.05) is 0 Å². The monoisotopic (exact) mass is 234 g/mol. The predicted molar refractivity (Wildman–Crippen MR) is 63.2 cm³/mol. The van der Waals surface area contributed by atoms with Gasteiger partial charge in [-0.1, -0.05) is 0 Å². The van der Waals surface area contributed by atoms with Gasteiger partial charge in [-0.15, -0.1) is 4.85 Å². The van der Waals surface area contributed by atoms with Crippen LogP contribution < -0.4 is 0 Å². The van der Waals surface area contributed by atoms with Gasteiger partial charge in [0.05, 0.1) is 7.11 Å². The Labute approximate surface area is 91.1 Å². The fourth-order valence-electron chi connectivity index (χ4n) is 0.741. The van der Waals surface area contributed by atoms with E-state index < -0.39 is 13.3 Å². The van der Waals surface area contributed by atoms with Crippen molar-refractivity contribution in [1.82, 2.24) is 9.34 Å². The van der Waals surface area contributed by atoms with Crippen LogP contribution in [0.4, 0.5) is 0 Å². The van der Waals surface area contributed by atoms with Crippen LogP contribution in [0.25, 0.3) is 0 Å². The summed E-state index contributed by atoms with van der Waals surface area (Å²) < 4.78 is 8.43. The van der Waals surface area contributed by atoms with E-state index in [2.05, 4.69) is 14.7 Å². The van der Waals surface area contributed by atoms with Gasteiger partial charge < -0.3 is 4.74 Å². The molecule has 0 fully saturated rings. The zero-order valence-corrected chi connectivity index (χ0v) is 11.0. The van der Waals surface area contributed by atoms with Crippen LogP contribution in [-0.4, -0.2) is 63.5 Å². The number of nitrogens with zero attached hydrogens (tertiary/aromatic N) is 4. The lowest BCUT2D eigenvalue weighted by Crippen LogP contribution is -2.20. The second kappa shape index (κ2) is 6.00. The van der Waals surface area contributed by atoms with Crippen molar-refractivity contribution in [3.05, 3.63) is 0 Å². The Kier molecular flexibility index (Phi) is 5.72. The third-order valence-corrected chi connectivity index (χ3v) is 5.57. The minimum absolute atomic E-state index is 0.497. The van der Waals surface area contributed by atoms with Crippen molar-refractivity contribution in [2.75, 3.05) is 42.0 Å². The summed E-state index contributed by atoms with van der Waals surface area (Å²) in [6, 6.07) is 0. The molecule has 6 nitrogen and oxygen atoms in total. The average molecular weight is 234 g/mol. The highest BCUT2D eigenvalue weighted by molar-refractivity contribution is 7.60. The largest absolute Gasteiger partial charge is 0.465 e. The first-order chi connectivity index (χ1) is 6.84. The lowest BCUT2D eigenvalue weighted by atomic mass is 10.8. The quantitative estimate of drug-likeness (QED) is 0.314. The van der Waals surface area contributed by atoms with Crippen molar-refractivity contribution in [1.29, 1.82) is 0 Å². The summed E-state index contributed by atoms with van der Waals surface area (Å²) in [5.41, 5.74) is 0. The first-order valence-electron chi connectivity index (χ1n) is 4.40. The molecule has 0 radical (unpaired) electrons. The summed E-state index contributed by atoms with van der Waals surface area (Å²) in [4.78, 5) is 15.0. The molecule has 7 heteroatoms. The van der Waals surface area contributed by atoms with E-state index in [1.54, 1.807) is 0 Å². The summed E-state index contributed by atoms with van der Waals surface area (Å²) in [6.45, 7) is 2.00. The number of rotatable bonds is 4. The van der Waals surface area contributed by atoms with Gasteiger partial charge in [0.25, 0.3) is 0 Å². The Morgan fingerprint density at radius 3 is 2.07 bits per heavy atom. The van der Waals surface area contributed by atoms with Gasteiger partial charge in [0.1, 0.15) is 13.6 Å². The molecule has 0 bridgehead atoms. The topological polar surface area (TPSA) is 57.5 Å². The first kappa shape index (κ1) is 14.3. The predicted octanol–water partition coefficient (Wildman–Crippen LogP) is 0.929. The molecule has 0 saturated heterocycles. The molecule has 0 aromatic heterocycles. The minimum atomic E-state index is -1.79. The van der Waals surface area contributed by atoms with E-state index >= 15 is 0 Å². The Hall–Kier alpha value is -0.710. The van der Waals surface area contributed by atoms with E-state index in [4.69, 9.17) is 0 Å². The average Bonchev–Trinajstić information content (AvgIpc) is 2.16. The zero-order valence-electron chi connectivity index (χ0n) is 10.1. The maximum Gasteiger partial charge on any atom is 0.351 e. The molecule has 0 atom stereocenters. The van der Waals surface area contributed by atoms with Crippen LogP contribution >= 0.6 is 7.36 Å². The van der Waals surface area contributed by atoms with Gasteiger partial charge >= 0.3 is 5.97 Å². The molecule has 0 unspecified atom stereocenters. The number of hydrogen-bond acceptors (Lipinski definition) is 3. The highest BCUT2D eigenvalue weighted by atomic mass is 31.2. The highest BCUT2D eigenvalue weighted by Gasteiger charge is 2.18. The van der Waals surface area contributed by atoms with Crippen molar-refractivity contribution in [2.45, 2.75) is 0 Å². The number of esters is 1. The van der Waals surface area contributed by atoms with E-state index in [1.807, 2.05) is 44.2 Å². The molecular formula is C8H19N4O2P. The standard InChI is InChI=1S/C8H19N4O2P/c1-11(2)15(6,12(3)4)10-9-7-8(13)14-5/h7H,1-6H3/b9-7+. The number of hydrogen-bond donors (Lipinski definition) is 0. The lowest BCUT2D eigenvalue weighted by molar-refractivity contribution is -0.132. The van der Waals surface area contributed by atoms with E-state index in [0.29, 0.717) is 0 Å². The van der Waals surface area contributed by atoms with Gasteiger partial charge in [-0.2, -0.15) is 5.10 Å². The molecule has 0 aliphatic rings. The number of carbonyl (C=O) groups excluding carboxylic acids is 1. The van der Waals surface area contributed by atoms with Crippen molar-refractivity contribution in [2.24, 2.45) is 9.96 Å². The molecular weight excluding hydrogens is 215 g/mol. The van der Waals surface area contributed by atoms with Crippen LogP contribution in [0.5, 0.6) is 0 Å². The van der Waals surface area contributed by atoms with Gasteiger partial charge in [-0.3, -0.25) is 9.34 Å². The summed E-state index contributed by atoms with van der Waals surface area (Å²) in [6.07, 6.45) is 1.07. The third-order valence-electron chi connectivity index (χ3n) is 2.10. The summed E-state index contributed by atoms with van der Waals surface area (Å²) in [5.74, 6) is -0.497. The molecule has 0 heterocycles. The number of carbonyl (C=O) groups is 1. The lowest BCUT2D eigenvalue weighted by Gasteiger charge is -2.31. The smallest absolute Gasteiger partial charge is 0.351 e. The van der Waals surface area contributed by atoms with Crippen molar-refractivity contribution in [3.63, 3.8) is 0 Å². The Balaban J connectivity index is 4.87. The third kappa shape index (κ3) is 4.11. The minimum Gasteiger partial charge on any atom is -0.465 e. The molecule has 15 heavy (non-hydrogen) atoms. The van der Waals surface area contributed by atoms with Crippen molar-refractivity contribution in [3.8, 4) is 0 Å². The summed E-state index contributed by atoms with van der Waals surface area (Å²) in [5, 5.41) is 3.75. The van der Waals surface area contributed by atoms with Crippen molar-refractivity contribution < 1.29 is 9.53 Å². The van der Waals surface area contributed by atoms with Gasteiger partial charge in [-0.05, 0) is 34.9 Å². The fourth-order valence-corrected chi connectivity index (χ4v) is 2.02. The normalized spacial score (nSPS) is 12.5. The molecule has 0 rings (SSSR count). The molecule has 0 aliphatic carbocycles. The highest BCUT2D eigenvalue weighted by Crippen LogP contribution is 2.49. The molecule has 88 valence electrons. The molecule has 0 aromatic carbocycles.